The fraction of sp³-hybridized carbons (Fsp3) is 0.833. The Kier molecular flexibility index (Phi) is 7.89. The highest BCUT2D eigenvalue weighted by atomic mass is 32.2. The first-order chi connectivity index (χ1) is 14.2. The standard InChI is InChI=1S/C18H33N5O7S/c1-17(2,3)30-15(24)18(14(19)20,23-9-6-21-7-10-23)5-8-22-11-13(29-16(22)25)12-28-31(4,26)27/h13,21H,5-12H2,1-4H3,(H3,19,20). The second-order valence-corrected chi connectivity index (χ2v) is 10.3. The molecule has 0 aliphatic carbocycles. The van der Waals surface area contributed by atoms with Crippen LogP contribution in [0.15, 0.2) is 0 Å². The molecule has 2 rings (SSSR count). The maximum absolute atomic E-state index is 13.3. The van der Waals surface area contributed by atoms with Crippen molar-refractivity contribution in [2.75, 3.05) is 52.1 Å². The lowest BCUT2D eigenvalue weighted by Gasteiger charge is -2.44. The molecule has 31 heavy (non-hydrogen) atoms. The molecule has 2 fully saturated rings. The Hall–Kier alpha value is -1.96. The summed E-state index contributed by atoms with van der Waals surface area (Å²) in [7, 11) is -3.66. The molecule has 4 N–H and O–H groups in total. The number of carbonyl (C=O) groups excluding carboxylic acids is 2. The molecule has 2 aliphatic rings. The van der Waals surface area contributed by atoms with E-state index >= 15 is 0 Å². The minimum atomic E-state index is -3.66. The van der Waals surface area contributed by atoms with Gasteiger partial charge in [0.15, 0.2) is 5.54 Å². The molecule has 2 atom stereocenters. The van der Waals surface area contributed by atoms with Crippen LogP contribution in [0, 0.1) is 5.41 Å². The fourth-order valence-electron chi connectivity index (χ4n) is 3.55. The molecule has 0 bridgehead atoms. The van der Waals surface area contributed by atoms with Crippen molar-refractivity contribution in [1.82, 2.24) is 15.1 Å². The summed E-state index contributed by atoms with van der Waals surface area (Å²) in [6.07, 6.45) is -0.456. The molecular formula is C18H33N5O7S. The van der Waals surface area contributed by atoms with Crippen LogP contribution in [0.25, 0.3) is 0 Å². The van der Waals surface area contributed by atoms with Gasteiger partial charge in [-0.3, -0.25) is 14.5 Å². The predicted octanol–water partition coefficient (Wildman–Crippen LogP) is -0.905. The first-order valence-electron chi connectivity index (χ1n) is 10.1. The summed E-state index contributed by atoms with van der Waals surface area (Å²) in [6, 6.07) is 0. The lowest BCUT2D eigenvalue weighted by molar-refractivity contribution is -0.166. The van der Waals surface area contributed by atoms with Crippen LogP contribution in [-0.2, 0) is 28.6 Å². The van der Waals surface area contributed by atoms with Gasteiger partial charge in [0, 0.05) is 39.1 Å². The van der Waals surface area contributed by atoms with Crippen molar-refractivity contribution in [1.29, 1.82) is 5.41 Å². The van der Waals surface area contributed by atoms with Gasteiger partial charge in [-0.05, 0) is 20.8 Å². The van der Waals surface area contributed by atoms with Gasteiger partial charge >= 0.3 is 12.1 Å². The zero-order valence-corrected chi connectivity index (χ0v) is 19.3. The third kappa shape index (κ3) is 6.76. The number of nitrogens with two attached hydrogens (primary N) is 1. The van der Waals surface area contributed by atoms with Crippen molar-refractivity contribution in [2.24, 2.45) is 5.73 Å². The van der Waals surface area contributed by atoms with Gasteiger partial charge < -0.3 is 25.4 Å². The maximum atomic E-state index is 13.3. The van der Waals surface area contributed by atoms with Crippen molar-refractivity contribution in [3.05, 3.63) is 0 Å². The van der Waals surface area contributed by atoms with E-state index in [1.54, 1.807) is 20.8 Å². The Morgan fingerprint density at radius 1 is 1.32 bits per heavy atom. The number of hydrogen-bond acceptors (Lipinski definition) is 10. The lowest BCUT2D eigenvalue weighted by atomic mass is 9.89. The largest absolute Gasteiger partial charge is 0.458 e. The number of amidine groups is 1. The second-order valence-electron chi connectivity index (χ2n) is 8.70. The van der Waals surface area contributed by atoms with Gasteiger partial charge in [0.25, 0.3) is 10.1 Å². The average Bonchev–Trinajstić information content (AvgIpc) is 2.99. The minimum Gasteiger partial charge on any atom is -0.458 e. The number of piperazine rings is 1. The molecule has 12 nitrogen and oxygen atoms in total. The summed E-state index contributed by atoms with van der Waals surface area (Å²) in [5, 5.41) is 11.5. The summed E-state index contributed by atoms with van der Waals surface area (Å²) in [4.78, 5) is 28.7. The first-order valence-corrected chi connectivity index (χ1v) is 11.9. The first kappa shape index (κ1) is 25.3. The number of hydrogen-bond donors (Lipinski definition) is 3. The number of cyclic esters (lactones) is 1. The molecule has 1 amide bonds. The normalized spacial score (nSPS) is 22.6. The molecule has 2 saturated heterocycles. The summed E-state index contributed by atoms with van der Waals surface area (Å²) in [5.41, 5.74) is 3.65. The molecular weight excluding hydrogens is 430 g/mol. The third-order valence-electron chi connectivity index (χ3n) is 5.00. The topological polar surface area (TPSA) is 164 Å². The van der Waals surface area contributed by atoms with Crippen LogP contribution in [0.4, 0.5) is 4.79 Å². The quantitative estimate of drug-likeness (QED) is 0.169. The Morgan fingerprint density at radius 3 is 2.45 bits per heavy atom. The number of nitrogens with one attached hydrogen (secondary N) is 2. The SMILES string of the molecule is CC(C)(C)OC(=O)C(CCN1CC(COS(C)(=O)=O)OC1=O)(C(=N)N)N1CCNCC1. The van der Waals surface area contributed by atoms with Gasteiger partial charge in [-0.25, -0.2) is 9.59 Å². The summed E-state index contributed by atoms with van der Waals surface area (Å²) in [5.74, 6) is -0.993. The van der Waals surface area contributed by atoms with Crippen LogP contribution in [-0.4, -0.2) is 105 Å². The van der Waals surface area contributed by atoms with E-state index in [-0.39, 0.29) is 32.0 Å². The molecule has 0 saturated carbocycles. The van der Waals surface area contributed by atoms with Gasteiger partial charge in [0.05, 0.1) is 12.8 Å². The molecule has 0 aromatic carbocycles. The fourth-order valence-corrected chi connectivity index (χ4v) is 3.95. The third-order valence-corrected chi connectivity index (χ3v) is 5.56. The van der Waals surface area contributed by atoms with Gasteiger partial charge in [-0.15, -0.1) is 0 Å². The zero-order chi connectivity index (χ0) is 23.4. The minimum absolute atomic E-state index is 0.0337. The van der Waals surface area contributed by atoms with Crippen LogP contribution in [0.3, 0.4) is 0 Å². The van der Waals surface area contributed by atoms with Crippen molar-refractivity contribution in [3.8, 4) is 0 Å². The molecule has 13 heteroatoms. The highest BCUT2D eigenvalue weighted by Gasteiger charge is 2.50. The molecule has 178 valence electrons. The van der Waals surface area contributed by atoms with E-state index in [4.69, 9.17) is 24.8 Å². The monoisotopic (exact) mass is 463 g/mol. The number of carbonyl (C=O) groups is 2. The molecule has 0 aromatic heterocycles. The van der Waals surface area contributed by atoms with E-state index in [1.165, 1.54) is 4.90 Å². The van der Waals surface area contributed by atoms with E-state index < -0.39 is 39.4 Å². The maximum Gasteiger partial charge on any atom is 0.410 e. The van der Waals surface area contributed by atoms with Crippen molar-refractivity contribution in [3.63, 3.8) is 0 Å². The van der Waals surface area contributed by atoms with Crippen LogP contribution < -0.4 is 11.1 Å². The van der Waals surface area contributed by atoms with Crippen LogP contribution in [0.2, 0.25) is 0 Å². The number of ether oxygens (including phenoxy) is 2. The van der Waals surface area contributed by atoms with E-state index in [2.05, 4.69) is 5.32 Å². The Labute approximate surface area is 183 Å². The van der Waals surface area contributed by atoms with Crippen molar-refractivity contribution < 1.29 is 31.7 Å². The van der Waals surface area contributed by atoms with E-state index in [0.29, 0.717) is 26.2 Å². The van der Waals surface area contributed by atoms with Crippen LogP contribution in [0.1, 0.15) is 27.2 Å². The molecule has 0 radical (unpaired) electrons. The van der Waals surface area contributed by atoms with Gasteiger partial charge in [-0.2, -0.15) is 8.42 Å². The Morgan fingerprint density at radius 2 is 1.94 bits per heavy atom. The number of nitrogens with zero attached hydrogens (tertiary/aromatic N) is 2. The molecule has 2 aliphatic heterocycles. The van der Waals surface area contributed by atoms with Crippen molar-refractivity contribution in [2.45, 2.75) is 44.4 Å². The molecule has 2 heterocycles. The number of rotatable bonds is 9. The van der Waals surface area contributed by atoms with Crippen LogP contribution in [0.5, 0.6) is 0 Å². The van der Waals surface area contributed by atoms with Crippen LogP contribution >= 0.6 is 0 Å². The van der Waals surface area contributed by atoms with E-state index in [0.717, 1.165) is 6.26 Å². The second kappa shape index (κ2) is 9.67. The summed E-state index contributed by atoms with van der Waals surface area (Å²) in [6.45, 7) is 7.27. The number of esters is 1. The van der Waals surface area contributed by atoms with Gasteiger partial charge in [-0.1, -0.05) is 0 Å². The predicted molar refractivity (Wildman–Crippen MR) is 112 cm³/mol. The lowest BCUT2D eigenvalue weighted by Crippen LogP contribution is -2.67. The molecule has 2 unspecified atom stereocenters. The van der Waals surface area contributed by atoms with E-state index in [9.17, 15) is 18.0 Å². The zero-order valence-electron chi connectivity index (χ0n) is 18.5. The van der Waals surface area contributed by atoms with Crippen molar-refractivity contribution >= 4 is 28.0 Å². The molecule has 0 spiro atoms. The Bertz CT molecular complexity index is 792. The molecule has 0 aromatic rings. The summed E-state index contributed by atoms with van der Waals surface area (Å²) >= 11 is 0. The smallest absolute Gasteiger partial charge is 0.410 e. The summed E-state index contributed by atoms with van der Waals surface area (Å²) < 4.78 is 37.8. The van der Waals surface area contributed by atoms with Gasteiger partial charge in [0.1, 0.15) is 24.1 Å². The highest BCUT2D eigenvalue weighted by Crippen LogP contribution is 2.27. The number of amides is 1. The highest BCUT2D eigenvalue weighted by molar-refractivity contribution is 7.85. The van der Waals surface area contributed by atoms with Gasteiger partial charge in [0.2, 0.25) is 0 Å². The average molecular weight is 464 g/mol. The van der Waals surface area contributed by atoms with E-state index in [1.807, 2.05) is 4.90 Å². The Balaban J connectivity index is 2.18.